The molecule has 4 rings (SSSR count). The summed E-state index contributed by atoms with van der Waals surface area (Å²) in [4.78, 5) is 18.5. The molecule has 1 aliphatic rings. The highest BCUT2D eigenvalue weighted by Crippen LogP contribution is 2.32. The van der Waals surface area contributed by atoms with E-state index in [0.29, 0.717) is 24.4 Å². The van der Waals surface area contributed by atoms with Gasteiger partial charge in [-0.2, -0.15) is 4.98 Å². The first-order chi connectivity index (χ1) is 13.0. The molecule has 0 spiro atoms. The summed E-state index contributed by atoms with van der Waals surface area (Å²) in [6, 6.07) is 12.3. The zero-order chi connectivity index (χ0) is 19.0. The van der Waals surface area contributed by atoms with Gasteiger partial charge in [0.1, 0.15) is 5.82 Å². The van der Waals surface area contributed by atoms with Crippen LogP contribution in [0.2, 0.25) is 5.02 Å². The molecule has 0 radical (unpaired) electrons. The summed E-state index contributed by atoms with van der Waals surface area (Å²) >= 11 is 5.70. The van der Waals surface area contributed by atoms with Gasteiger partial charge in [-0.25, -0.2) is 4.39 Å². The van der Waals surface area contributed by atoms with Crippen LogP contribution in [-0.4, -0.2) is 22.6 Å². The van der Waals surface area contributed by atoms with E-state index in [4.69, 9.17) is 16.1 Å². The van der Waals surface area contributed by atoms with Gasteiger partial charge in [-0.1, -0.05) is 35.8 Å². The molecule has 1 amide bonds. The molecule has 2 aromatic carbocycles. The Morgan fingerprint density at radius 1 is 1.26 bits per heavy atom. The van der Waals surface area contributed by atoms with E-state index in [2.05, 4.69) is 17.1 Å². The lowest BCUT2D eigenvalue weighted by atomic mass is 10.1. The molecule has 1 aliphatic heterocycles. The fourth-order valence-corrected chi connectivity index (χ4v) is 3.31. The minimum atomic E-state index is -0.543. The summed E-state index contributed by atoms with van der Waals surface area (Å²) in [7, 11) is 0. The molecule has 1 aromatic heterocycles. The molecule has 3 aromatic rings. The van der Waals surface area contributed by atoms with Gasteiger partial charge in [-0.15, -0.1) is 0 Å². The van der Waals surface area contributed by atoms with E-state index in [1.807, 2.05) is 24.3 Å². The molecule has 5 nitrogen and oxygen atoms in total. The lowest BCUT2D eigenvalue weighted by Crippen LogP contribution is -2.24. The van der Waals surface area contributed by atoms with Gasteiger partial charge >= 0.3 is 0 Å². The summed E-state index contributed by atoms with van der Waals surface area (Å²) < 4.78 is 19.0. The highest BCUT2D eigenvalue weighted by molar-refractivity contribution is 6.30. The molecule has 0 N–H and O–H groups in total. The third-order valence-electron chi connectivity index (χ3n) is 4.75. The van der Waals surface area contributed by atoms with Crippen LogP contribution in [0.3, 0.4) is 0 Å². The number of carbonyl (C=O) groups is 1. The van der Waals surface area contributed by atoms with Crippen LogP contribution in [0.25, 0.3) is 11.4 Å². The minimum Gasteiger partial charge on any atom is -0.339 e. The van der Waals surface area contributed by atoms with Gasteiger partial charge in [-0.3, -0.25) is 4.79 Å². The Labute approximate surface area is 160 Å². The lowest BCUT2D eigenvalue weighted by molar-refractivity contribution is -0.117. The molecular weight excluding hydrogens is 369 g/mol. The van der Waals surface area contributed by atoms with E-state index < -0.39 is 5.82 Å². The van der Waals surface area contributed by atoms with E-state index in [1.54, 1.807) is 11.0 Å². The molecular formula is C20H17ClFN3O2. The van der Waals surface area contributed by atoms with E-state index >= 15 is 0 Å². The maximum Gasteiger partial charge on any atom is 0.232 e. The van der Waals surface area contributed by atoms with Crippen molar-refractivity contribution < 1.29 is 13.7 Å². The summed E-state index contributed by atoms with van der Waals surface area (Å²) in [5.41, 5.74) is 2.56. The van der Waals surface area contributed by atoms with Crippen molar-refractivity contribution >= 4 is 23.2 Å². The maximum absolute atomic E-state index is 13.6. The molecule has 0 aliphatic carbocycles. The lowest BCUT2D eigenvalue weighted by Gasteiger charge is -2.16. The van der Waals surface area contributed by atoms with Gasteiger partial charge in [0.2, 0.25) is 17.6 Å². The van der Waals surface area contributed by atoms with Crippen LogP contribution in [-0.2, 0) is 11.2 Å². The number of carbonyl (C=O) groups excluding carboxylic acids is 1. The number of anilines is 1. The Bertz CT molecular complexity index is 987. The average molecular weight is 386 g/mol. The molecule has 1 saturated heterocycles. The fourth-order valence-electron chi connectivity index (χ4n) is 3.19. The van der Waals surface area contributed by atoms with Gasteiger partial charge in [0.05, 0.1) is 10.9 Å². The monoisotopic (exact) mass is 385 g/mol. The zero-order valence-electron chi connectivity index (χ0n) is 14.7. The Balaban J connectivity index is 1.53. The van der Waals surface area contributed by atoms with Gasteiger partial charge in [-0.05, 0) is 42.3 Å². The minimum absolute atomic E-state index is 0.0153. The van der Waals surface area contributed by atoms with E-state index in [1.165, 1.54) is 17.7 Å². The summed E-state index contributed by atoms with van der Waals surface area (Å²) in [6.07, 6.45) is 1.25. The Morgan fingerprint density at radius 3 is 2.74 bits per heavy atom. The van der Waals surface area contributed by atoms with Crippen molar-refractivity contribution in [2.75, 3.05) is 11.4 Å². The molecule has 1 atom stereocenters. The molecule has 0 bridgehead atoms. The third-order valence-corrected chi connectivity index (χ3v) is 5.06. The first kappa shape index (κ1) is 17.7. The van der Waals surface area contributed by atoms with Crippen LogP contribution < -0.4 is 4.90 Å². The van der Waals surface area contributed by atoms with Gasteiger partial charge in [0, 0.05) is 24.2 Å². The van der Waals surface area contributed by atoms with Crippen molar-refractivity contribution in [1.29, 1.82) is 0 Å². The summed E-state index contributed by atoms with van der Waals surface area (Å²) in [5.74, 6) is -0.0679. The van der Waals surface area contributed by atoms with Crippen molar-refractivity contribution in [1.82, 2.24) is 10.1 Å². The second kappa shape index (κ2) is 7.12. The summed E-state index contributed by atoms with van der Waals surface area (Å²) in [5, 5.41) is 3.96. The Hall–Kier alpha value is -2.73. The van der Waals surface area contributed by atoms with Crippen molar-refractivity contribution in [2.45, 2.75) is 25.7 Å². The Morgan fingerprint density at radius 2 is 2.04 bits per heavy atom. The molecule has 27 heavy (non-hydrogen) atoms. The van der Waals surface area contributed by atoms with Crippen LogP contribution in [0.1, 0.15) is 30.7 Å². The maximum atomic E-state index is 13.6. The number of amides is 1. The van der Waals surface area contributed by atoms with Crippen LogP contribution >= 0.6 is 11.6 Å². The van der Waals surface area contributed by atoms with E-state index in [9.17, 15) is 9.18 Å². The SMILES string of the molecule is CCc1ccc(N2CC(c3nc(-c4ccc(Cl)c(F)c4)no3)CC2=O)cc1. The van der Waals surface area contributed by atoms with Gasteiger partial charge in [0.15, 0.2) is 0 Å². The quantitative estimate of drug-likeness (QED) is 0.658. The number of aromatic nitrogens is 2. The van der Waals surface area contributed by atoms with Crippen LogP contribution in [0.4, 0.5) is 10.1 Å². The number of aryl methyl sites for hydroxylation is 1. The molecule has 0 saturated carbocycles. The van der Waals surface area contributed by atoms with Crippen LogP contribution in [0.5, 0.6) is 0 Å². The van der Waals surface area contributed by atoms with Crippen LogP contribution in [0, 0.1) is 5.82 Å². The van der Waals surface area contributed by atoms with Crippen molar-refractivity contribution in [3.63, 3.8) is 0 Å². The number of rotatable bonds is 4. The zero-order valence-corrected chi connectivity index (χ0v) is 15.4. The molecule has 138 valence electrons. The fraction of sp³-hybridized carbons (Fsp3) is 0.250. The van der Waals surface area contributed by atoms with E-state index in [-0.39, 0.29) is 22.7 Å². The predicted molar refractivity (Wildman–Crippen MR) is 100 cm³/mol. The van der Waals surface area contributed by atoms with Gasteiger partial charge in [0.25, 0.3) is 0 Å². The second-order valence-corrected chi connectivity index (χ2v) is 6.92. The highest BCUT2D eigenvalue weighted by atomic mass is 35.5. The average Bonchev–Trinajstić information content (AvgIpc) is 3.31. The number of halogens is 2. The number of nitrogens with zero attached hydrogens (tertiary/aromatic N) is 3. The van der Waals surface area contributed by atoms with Crippen molar-refractivity contribution in [2.24, 2.45) is 0 Å². The van der Waals surface area contributed by atoms with E-state index in [0.717, 1.165) is 12.1 Å². The summed E-state index contributed by atoms with van der Waals surface area (Å²) in [6.45, 7) is 2.56. The Kier molecular flexibility index (Phi) is 4.66. The molecule has 2 heterocycles. The number of hydrogen-bond acceptors (Lipinski definition) is 4. The first-order valence-electron chi connectivity index (χ1n) is 8.73. The van der Waals surface area contributed by atoms with Crippen molar-refractivity contribution in [3.05, 3.63) is 64.8 Å². The predicted octanol–water partition coefficient (Wildman–Crippen LogP) is 4.61. The highest BCUT2D eigenvalue weighted by Gasteiger charge is 2.35. The first-order valence-corrected chi connectivity index (χ1v) is 9.11. The van der Waals surface area contributed by atoms with Crippen LogP contribution in [0.15, 0.2) is 47.0 Å². The molecule has 1 fully saturated rings. The second-order valence-electron chi connectivity index (χ2n) is 6.51. The van der Waals surface area contributed by atoms with Gasteiger partial charge < -0.3 is 9.42 Å². The normalized spacial score (nSPS) is 16.9. The topological polar surface area (TPSA) is 59.2 Å². The number of benzene rings is 2. The third kappa shape index (κ3) is 3.45. The smallest absolute Gasteiger partial charge is 0.232 e. The van der Waals surface area contributed by atoms with Crippen molar-refractivity contribution in [3.8, 4) is 11.4 Å². The molecule has 1 unspecified atom stereocenters. The standard InChI is InChI=1S/C20H17ClFN3O2/c1-2-12-3-6-15(7-4-12)25-11-14(10-18(25)26)20-23-19(24-27-20)13-5-8-16(21)17(22)9-13/h3-9,14H,2,10-11H2,1H3. The molecule has 7 heteroatoms. The largest absolute Gasteiger partial charge is 0.339 e. The number of hydrogen-bond donors (Lipinski definition) is 0.